The lowest BCUT2D eigenvalue weighted by Gasteiger charge is -2.20. The maximum absolute atomic E-state index is 9.08. The van der Waals surface area contributed by atoms with E-state index < -0.39 is 0 Å². The monoisotopic (exact) mass is 234 g/mol. The number of nitrogens with zero attached hydrogens (tertiary/aromatic N) is 2. The number of hydrogen-bond acceptors (Lipinski definition) is 3. The van der Waals surface area contributed by atoms with Crippen LogP contribution in [-0.4, -0.2) is 23.2 Å². The van der Waals surface area contributed by atoms with Crippen LogP contribution >= 0.6 is 0 Å². The number of pyridine rings is 1. The van der Waals surface area contributed by atoms with Crippen LogP contribution in [0.4, 0.5) is 5.82 Å². The highest BCUT2D eigenvalue weighted by molar-refractivity contribution is 5.48. The van der Waals surface area contributed by atoms with E-state index in [0.717, 1.165) is 30.4 Å². The molecule has 1 atom stereocenters. The summed E-state index contributed by atoms with van der Waals surface area (Å²) in [5.74, 6) is 1.93. The molecule has 2 heterocycles. The van der Waals surface area contributed by atoms with Crippen LogP contribution in [0.3, 0.4) is 0 Å². The fourth-order valence-electron chi connectivity index (χ4n) is 2.71. The normalized spacial score (nSPS) is 19.9. The second-order valence-corrected chi connectivity index (χ2v) is 5.03. The Balaban J connectivity index is 2.08. The van der Waals surface area contributed by atoms with Crippen molar-refractivity contribution in [2.24, 2.45) is 5.92 Å². The van der Waals surface area contributed by atoms with Crippen LogP contribution in [0.2, 0.25) is 0 Å². The van der Waals surface area contributed by atoms with Crippen molar-refractivity contribution in [3.8, 4) is 0 Å². The Morgan fingerprint density at radius 3 is 3.00 bits per heavy atom. The lowest BCUT2D eigenvalue weighted by molar-refractivity contribution is 0.281. The Morgan fingerprint density at radius 2 is 2.35 bits per heavy atom. The summed E-state index contributed by atoms with van der Waals surface area (Å²) in [6.45, 7) is 6.67. The van der Waals surface area contributed by atoms with Gasteiger partial charge in [-0.05, 0) is 42.9 Å². The third-order valence-corrected chi connectivity index (χ3v) is 3.57. The van der Waals surface area contributed by atoms with Gasteiger partial charge in [0.1, 0.15) is 5.82 Å². The van der Waals surface area contributed by atoms with Gasteiger partial charge in [-0.3, -0.25) is 0 Å². The maximum Gasteiger partial charge on any atom is 0.131 e. The number of aliphatic hydroxyl groups is 1. The SMILES string of the molecule is CCCC1CCN(c2ncc(CO)cc2C)C1. The van der Waals surface area contributed by atoms with Gasteiger partial charge in [-0.15, -0.1) is 0 Å². The highest BCUT2D eigenvalue weighted by atomic mass is 16.3. The van der Waals surface area contributed by atoms with Crippen molar-refractivity contribution in [2.75, 3.05) is 18.0 Å². The Bertz CT molecular complexity index is 378. The van der Waals surface area contributed by atoms with Gasteiger partial charge in [-0.1, -0.05) is 13.3 Å². The average molecular weight is 234 g/mol. The summed E-state index contributed by atoms with van der Waals surface area (Å²) in [5.41, 5.74) is 2.07. The van der Waals surface area contributed by atoms with Crippen molar-refractivity contribution < 1.29 is 5.11 Å². The van der Waals surface area contributed by atoms with Gasteiger partial charge in [0.05, 0.1) is 6.61 Å². The molecule has 1 unspecified atom stereocenters. The number of rotatable bonds is 4. The molecule has 1 aliphatic rings. The summed E-state index contributed by atoms with van der Waals surface area (Å²) in [6, 6.07) is 2.04. The molecule has 1 fully saturated rings. The quantitative estimate of drug-likeness (QED) is 0.869. The summed E-state index contributed by atoms with van der Waals surface area (Å²) < 4.78 is 0. The summed E-state index contributed by atoms with van der Waals surface area (Å²) in [4.78, 5) is 6.88. The minimum absolute atomic E-state index is 0.0760. The molecule has 1 aliphatic heterocycles. The van der Waals surface area contributed by atoms with Gasteiger partial charge in [-0.2, -0.15) is 0 Å². The van der Waals surface area contributed by atoms with Gasteiger partial charge in [-0.25, -0.2) is 4.98 Å². The Hall–Kier alpha value is -1.09. The van der Waals surface area contributed by atoms with Gasteiger partial charge < -0.3 is 10.0 Å². The van der Waals surface area contributed by atoms with Crippen molar-refractivity contribution in [3.05, 3.63) is 23.4 Å². The molecular formula is C14H22N2O. The van der Waals surface area contributed by atoms with E-state index in [0.29, 0.717) is 0 Å². The van der Waals surface area contributed by atoms with E-state index in [1.165, 1.54) is 24.8 Å². The molecular weight excluding hydrogens is 212 g/mol. The van der Waals surface area contributed by atoms with E-state index in [2.05, 4.69) is 23.7 Å². The molecule has 1 aromatic heterocycles. The van der Waals surface area contributed by atoms with Crippen LogP contribution in [0.5, 0.6) is 0 Å². The smallest absolute Gasteiger partial charge is 0.131 e. The fraction of sp³-hybridized carbons (Fsp3) is 0.643. The second-order valence-electron chi connectivity index (χ2n) is 5.03. The van der Waals surface area contributed by atoms with Crippen molar-refractivity contribution in [3.63, 3.8) is 0 Å². The molecule has 17 heavy (non-hydrogen) atoms. The van der Waals surface area contributed by atoms with Crippen LogP contribution in [0.1, 0.15) is 37.3 Å². The third kappa shape index (κ3) is 2.78. The molecule has 3 nitrogen and oxygen atoms in total. The zero-order valence-corrected chi connectivity index (χ0v) is 10.8. The van der Waals surface area contributed by atoms with Crippen LogP contribution in [0.15, 0.2) is 12.3 Å². The zero-order valence-electron chi connectivity index (χ0n) is 10.8. The van der Waals surface area contributed by atoms with E-state index in [-0.39, 0.29) is 6.61 Å². The van der Waals surface area contributed by atoms with Crippen LogP contribution in [-0.2, 0) is 6.61 Å². The second kappa shape index (κ2) is 5.50. The van der Waals surface area contributed by atoms with Crippen molar-refractivity contribution >= 4 is 5.82 Å². The molecule has 0 bridgehead atoms. The number of aromatic nitrogens is 1. The first-order valence-electron chi connectivity index (χ1n) is 6.56. The molecule has 0 aromatic carbocycles. The largest absolute Gasteiger partial charge is 0.392 e. The van der Waals surface area contributed by atoms with Crippen LogP contribution < -0.4 is 4.90 Å². The Labute approximate surface area is 103 Å². The molecule has 0 saturated carbocycles. The first-order valence-corrected chi connectivity index (χ1v) is 6.56. The molecule has 2 rings (SSSR count). The highest BCUT2D eigenvalue weighted by Gasteiger charge is 2.23. The van der Waals surface area contributed by atoms with E-state index in [1.807, 2.05) is 6.07 Å². The van der Waals surface area contributed by atoms with Crippen LogP contribution in [0, 0.1) is 12.8 Å². The first kappa shape index (κ1) is 12.4. The molecule has 1 saturated heterocycles. The molecule has 1 N–H and O–H groups in total. The predicted octanol–water partition coefficient (Wildman–Crippen LogP) is 2.51. The predicted molar refractivity (Wildman–Crippen MR) is 70.1 cm³/mol. The minimum Gasteiger partial charge on any atom is -0.392 e. The number of aryl methyl sites for hydroxylation is 1. The van der Waals surface area contributed by atoms with Crippen molar-refractivity contribution in [1.29, 1.82) is 0 Å². The van der Waals surface area contributed by atoms with Gasteiger partial charge in [0.2, 0.25) is 0 Å². The molecule has 0 aliphatic carbocycles. The van der Waals surface area contributed by atoms with E-state index in [4.69, 9.17) is 5.11 Å². The summed E-state index contributed by atoms with van der Waals surface area (Å²) in [7, 11) is 0. The van der Waals surface area contributed by atoms with Crippen LogP contribution in [0.25, 0.3) is 0 Å². The van der Waals surface area contributed by atoms with Gasteiger partial charge in [0.15, 0.2) is 0 Å². The van der Waals surface area contributed by atoms with Gasteiger partial charge in [0, 0.05) is 19.3 Å². The lowest BCUT2D eigenvalue weighted by Crippen LogP contribution is -2.21. The Morgan fingerprint density at radius 1 is 1.53 bits per heavy atom. The number of anilines is 1. The Kier molecular flexibility index (Phi) is 4.00. The molecule has 3 heteroatoms. The molecule has 0 amide bonds. The minimum atomic E-state index is 0.0760. The lowest BCUT2D eigenvalue weighted by atomic mass is 10.0. The van der Waals surface area contributed by atoms with Gasteiger partial charge >= 0.3 is 0 Å². The summed E-state index contributed by atoms with van der Waals surface area (Å²) >= 11 is 0. The van der Waals surface area contributed by atoms with E-state index in [9.17, 15) is 0 Å². The maximum atomic E-state index is 9.08. The molecule has 0 radical (unpaired) electrons. The van der Waals surface area contributed by atoms with E-state index in [1.54, 1.807) is 6.20 Å². The van der Waals surface area contributed by atoms with Gasteiger partial charge in [0.25, 0.3) is 0 Å². The van der Waals surface area contributed by atoms with Crippen molar-refractivity contribution in [1.82, 2.24) is 4.98 Å². The first-order chi connectivity index (χ1) is 8.24. The summed E-state index contributed by atoms with van der Waals surface area (Å²) in [5, 5.41) is 9.08. The number of hydrogen-bond donors (Lipinski definition) is 1. The van der Waals surface area contributed by atoms with E-state index >= 15 is 0 Å². The summed E-state index contributed by atoms with van der Waals surface area (Å²) in [6.07, 6.45) is 5.67. The average Bonchev–Trinajstić information content (AvgIpc) is 2.78. The zero-order chi connectivity index (χ0) is 12.3. The fourth-order valence-corrected chi connectivity index (χ4v) is 2.71. The van der Waals surface area contributed by atoms with Crippen molar-refractivity contribution in [2.45, 2.75) is 39.7 Å². The standard InChI is InChI=1S/C14H22N2O/c1-3-4-12-5-6-16(9-12)14-11(2)7-13(10-17)8-15-14/h7-8,12,17H,3-6,9-10H2,1-2H3. The molecule has 94 valence electrons. The molecule has 1 aromatic rings. The topological polar surface area (TPSA) is 36.4 Å². The molecule has 0 spiro atoms. The highest BCUT2D eigenvalue weighted by Crippen LogP contribution is 2.27. The third-order valence-electron chi connectivity index (χ3n) is 3.57. The number of aliphatic hydroxyl groups excluding tert-OH is 1.